The lowest BCUT2D eigenvalue weighted by Crippen LogP contribution is -2.19. The van der Waals surface area contributed by atoms with Gasteiger partial charge in [0, 0.05) is 17.0 Å². The van der Waals surface area contributed by atoms with Crippen molar-refractivity contribution < 1.29 is 9.21 Å². The van der Waals surface area contributed by atoms with Crippen LogP contribution in [0.2, 0.25) is 0 Å². The molecule has 1 atom stereocenters. The molecule has 1 unspecified atom stereocenters. The minimum absolute atomic E-state index is 0.0528. The molecule has 1 amide bonds. The average Bonchev–Trinajstić information content (AvgIpc) is 3.20. The smallest absolute Gasteiger partial charge is 0.230 e. The highest BCUT2D eigenvalue weighted by Gasteiger charge is 2.30. The third-order valence-corrected chi connectivity index (χ3v) is 4.79. The summed E-state index contributed by atoms with van der Waals surface area (Å²) >= 11 is 0. The van der Waals surface area contributed by atoms with Gasteiger partial charge in [0.25, 0.3) is 0 Å². The van der Waals surface area contributed by atoms with Crippen LogP contribution in [0.4, 0.5) is 5.82 Å². The highest BCUT2D eigenvalue weighted by molar-refractivity contribution is 5.94. The number of nitrogens with zero attached hydrogens (tertiary/aromatic N) is 2. The number of rotatable bonds is 5. The monoisotopic (exact) mass is 323 g/mol. The van der Waals surface area contributed by atoms with Gasteiger partial charge in [-0.15, -0.1) is 0 Å². The van der Waals surface area contributed by atoms with E-state index in [1.165, 1.54) is 12.8 Å². The zero-order valence-corrected chi connectivity index (χ0v) is 14.0. The second kappa shape index (κ2) is 5.82. The average molecular weight is 323 g/mol. The standard InChI is InChI=1S/C19H21N3O2/c1-12-3-6-16-15(11-24-17(16)9-12)10-19(23)21-18-7-8-20-22(18)13(2)14-4-5-14/h3,6-9,11,13-14H,4-5,10H2,1-2H3,(H,21,23). The molecule has 5 heteroatoms. The summed E-state index contributed by atoms with van der Waals surface area (Å²) in [6, 6.07) is 8.21. The van der Waals surface area contributed by atoms with Gasteiger partial charge in [-0.05, 0) is 44.2 Å². The van der Waals surface area contributed by atoms with Crippen molar-refractivity contribution in [1.29, 1.82) is 0 Å². The van der Waals surface area contributed by atoms with Crippen LogP contribution in [0.15, 0.2) is 41.1 Å². The highest BCUT2D eigenvalue weighted by atomic mass is 16.3. The van der Waals surface area contributed by atoms with E-state index in [4.69, 9.17) is 4.42 Å². The molecule has 0 saturated heterocycles. The number of nitrogens with one attached hydrogen (secondary N) is 1. The van der Waals surface area contributed by atoms with E-state index >= 15 is 0 Å². The van der Waals surface area contributed by atoms with Gasteiger partial charge in [-0.3, -0.25) is 4.79 Å². The molecule has 1 aromatic carbocycles. The number of aromatic nitrogens is 2. The maximum atomic E-state index is 12.5. The van der Waals surface area contributed by atoms with Crippen molar-refractivity contribution in [2.75, 3.05) is 5.32 Å². The zero-order chi connectivity index (χ0) is 16.7. The van der Waals surface area contributed by atoms with Crippen LogP contribution in [0.1, 0.15) is 36.9 Å². The molecule has 0 aliphatic heterocycles. The van der Waals surface area contributed by atoms with Gasteiger partial charge < -0.3 is 9.73 Å². The van der Waals surface area contributed by atoms with Crippen LogP contribution in [-0.4, -0.2) is 15.7 Å². The zero-order valence-electron chi connectivity index (χ0n) is 14.0. The Kier molecular flexibility index (Phi) is 3.63. The molecule has 1 aliphatic carbocycles. The van der Waals surface area contributed by atoms with Crippen molar-refractivity contribution >= 4 is 22.7 Å². The third-order valence-electron chi connectivity index (χ3n) is 4.79. The van der Waals surface area contributed by atoms with Crippen molar-refractivity contribution in [3.8, 4) is 0 Å². The SMILES string of the molecule is Cc1ccc2c(CC(=O)Nc3ccnn3C(C)C3CC3)coc2c1. The van der Waals surface area contributed by atoms with Crippen molar-refractivity contribution in [1.82, 2.24) is 9.78 Å². The fraction of sp³-hybridized carbons (Fsp3) is 0.368. The first-order valence-electron chi connectivity index (χ1n) is 8.42. The Morgan fingerprint density at radius 3 is 3.04 bits per heavy atom. The molecular formula is C19H21N3O2. The van der Waals surface area contributed by atoms with Gasteiger partial charge >= 0.3 is 0 Å². The van der Waals surface area contributed by atoms with Gasteiger partial charge in [0.2, 0.25) is 5.91 Å². The number of aryl methyl sites for hydroxylation is 1. The summed E-state index contributed by atoms with van der Waals surface area (Å²) in [5, 5.41) is 8.35. The highest BCUT2D eigenvalue weighted by Crippen LogP contribution is 2.40. The number of carbonyl (C=O) groups excluding carboxylic acids is 1. The number of furan rings is 1. The van der Waals surface area contributed by atoms with Gasteiger partial charge in [0.05, 0.1) is 24.9 Å². The third kappa shape index (κ3) is 2.82. The molecule has 3 aromatic rings. The lowest BCUT2D eigenvalue weighted by atomic mass is 10.1. The molecule has 1 fully saturated rings. The molecule has 4 rings (SSSR count). The summed E-state index contributed by atoms with van der Waals surface area (Å²) in [6.07, 6.45) is 6.20. The van der Waals surface area contributed by atoms with E-state index in [9.17, 15) is 4.79 Å². The van der Waals surface area contributed by atoms with Crippen LogP contribution < -0.4 is 5.32 Å². The summed E-state index contributed by atoms with van der Waals surface area (Å²) in [4.78, 5) is 12.5. The van der Waals surface area contributed by atoms with E-state index < -0.39 is 0 Å². The van der Waals surface area contributed by atoms with E-state index in [0.717, 1.165) is 27.9 Å². The van der Waals surface area contributed by atoms with Gasteiger partial charge in [-0.2, -0.15) is 5.10 Å². The Bertz CT molecular complexity index is 889. The van der Waals surface area contributed by atoms with Gasteiger partial charge in [-0.25, -0.2) is 4.68 Å². The Hall–Kier alpha value is -2.56. The first-order valence-corrected chi connectivity index (χ1v) is 8.42. The number of hydrogen-bond donors (Lipinski definition) is 1. The Morgan fingerprint density at radius 2 is 2.25 bits per heavy atom. The van der Waals surface area contributed by atoms with Gasteiger partial charge in [0.15, 0.2) is 0 Å². The first-order chi connectivity index (χ1) is 11.6. The molecule has 2 heterocycles. The van der Waals surface area contributed by atoms with Gasteiger partial charge in [-0.1, -0.05) is 12.1 Å². The fourth-order valence-electron chi connectivity index (χ4n) is 3.20. The molecule has 1 N–H and O–H groups in total. The molecule has 2 aromatic heterocycles. The van der Waals surface area contributed by atoms with E-state index in [0.29, 0.717) is 18.4 Å². The van der Waals surface area contributed by atoms with E-state index in [1.807, 2.05) is 35.9 Å². The quantitative estimate of drug-likeness (QED) is 0.769. The minimum Gasteiger partial charge on any atom is -0.464 e. The van der Waals surface area contributed by atoms with Crippen LogP contribution in [0.25, 0.3) is 11.0 Å². The fourth-order valence-corrected chi connectivity index (χ4v) is 3.20. The number of amides is 1. The van der Waals surface area contributed by atoms with Gasteiger partial charge in [0.1, 0.15) is 11.4 Å². The van der Waals surface area contributed by atoms with Crippen molar-refractivity contribution in [3.63, 3.8) is 0 Å². The predicted molar refractivity (Wildman–Crippen MR) is 92.9 cm³/mol. The normalized spacial score (nSPS) is 15.6. The molecule has 1 saturated carbocycles. The van der Waals surface area contributed by atoms with E-state index in [1.54, 1.807) is 12.5 Å². The maximum absolute atomic E-state index is 12.5. The lowest BCUT2D eigenvalue weighted by Gasteiger charge is -2.15. The molecule has 24 heavy (non-hydrogen) atoms. The molecular weight excluding hydrogens is 302 g/mol. The number of benzene rings is 1. The molecule has 0 radical (unpaired) electrons. The van der Waals surface area contributed by atoms with Crippen LogP contribution in [0.5, 0.6) is 0 Å². The van der Waals surface area contributed by atoms with Crippen LogP contribution in [-0.2, 0) is 11.2 Å². The number of hydrogen-bond acceptors (Lipinski definition) is 3. The largest absolute Gasteiger partial charge is 0.464 e. The van der Waals surface area contributed by atoms with Crippen LogP contribution >= 0.6 is 0 Å². The Labute approximate surface area is 140 Å². The molecule has 0 spiro atoms. The van der Waals surface area contributed by atoms with Crippen molar-refractivity contribution in [2.45, 2.75) is 39.2 Å². The maximum Gasteiger partial charge on any atom is 0.230 e. The summed E-state index contributed by atoms with van der Waals surface area (Å²) in [6.45, 7) is 4.18. The van der Waals surface area contributed by atoms with Crippen molar-refractivity contribution in [2.24, 2.45) is 5.92 Å². The van der Waals surface area contributed by atoms with Crippen LogP contribution in [0, 0.1) is 12.8 Å². The van der Waals surface area contributed by atoms with Crippen molar-refractivity contribution in [3.05, 3.63) is 47.9 Å². The number of anilines is 1. The molecule has 124 valence electrons. The Balaban J connectivity index is 1.49. The molecule has 1 aliphatic rings. The summed E-state index contributed by atoms with van der Waals surface area (Å²) in [5.74, 6) is 1.40. The lowest BCUT2D eigenvalue weighted by molar-refractivity contribution is -0.115. The van der Waals surface area contributed by atoms with E-state index in [-0.39, 0.29) is 5.91 Å². The predicted octanol–water partition coefficient (Wildman–Crippen LogP) is 4.09. The minimum atomic E-state index is -0.0528. The Morgan fingerprint density at radius 1 is 1.42 bits per heavy atom. The van der Waals surface area contributed by atoms with Crippen LogP contribution in [0.3, 0.4) is 0 Å². The summed E-state index contributed by atoms with van der Waals surface area (Å²) in [7, 11) is 0. The molecule has 5 nitrogen and oxygen atoms in total. The number of fused-ring (bicyclic) bond motifs is 1. The second-order valence-electron chi connectivity index (χ2n) is 6.72. The first kappa shape index (κ1) is 15.0. The number of carbonyl (C=O) groups is 1. The summed E-state index contributed by atoms with van der Waals surface area (Å²) in [5.41, 5.74) is 2.87. The molecule has 0 bridgehead atoms. The topological polar surface area (TPSA) is 60.1 Å². The second-order valence-corrected chi connectivity index (χ2v) is 6.72. The summed E-state index contributed by atoms with van der Waals surface area (Å²) < 4.78 is 7.49. The van der Waals surface area contributed by atoms with E-state index in [2.05, 4.69) is 17.3 Å².